The monoisotopic (exact) mass is 514 g/mol. The molecular weight excluding hydrogens is 502 g/mol. The van der Waals surface area contributed by atoms with Gasteiger partial charge < -0.3 is 5.32 Å². The summed E-state index contributed by atoms with van der Waals surface area (Å²) < 4.78 is 27.5. The average molecular weight is 516 g/mol. The molecule has 0 saturated carbocycles. The van der Waals surface area contributed by atoms with E-state index in [0.29, 0.717) is 26.3 Å². The number of nitrogens with one attached hydrogen (secondary N) is 2. The van der Waals surface area contributed by atoms with E-state index in [-0.39, 0.29) is 15.6 Å². The fourth-order valence-corrected chi connectivity index (χ4v) is 4.54. The van der Waals surface area contributed by atoms with Gasteiger partial charge in [0, 0.05) is 26.8 Å². The van der Waals surface area contributed by atoms with Gasteiger partial charge in [-0.3, -0.25) is 9.52 Å². The second-order valence-corrected chi connectivity index (χ2v) is 9.61. The van der Waals surface area contributed by atoms with Gasteiger partial charge >= 0.3 is 0 Å². The molecule has 0 aliphatic carbocycles. The summed E-state index contributed by atoms with van der Waals surface area (Å²) in [7, 11) is -3.88. The molecule has 10 heteroatoms. The SMILES string of the molecule is O=C(/C=C/c1ccc(Cl)cc1Cl)Nc1ccc(S(=O)(=O)Nc2ccc(Cl)cc2Cl)cc1. The second kappa shape index (κ2) is 9.94. The van der Waals surface area contributed by atoms with E-state index in [1.807, 2.05) is 0 Å². The van der Waals surface area contributed by atoms with E-state index in [1.54, 1.807) is 24.3 Å². The summed E-state index contributed by atoms with van der Waals surface area (Å²) in [6.07, 6.45) is 2.86. The van der Waals surface area contributed by atoms with Gasteiger partial charge in [-0.2, -0.15) is 0 Å². The fraction of sp³-hybridized carbons (Fsp3) is 0. The second-order valence-electron chi connectivity index (χ2n) is 6.24. The largest absolute Gasteiger partial charge is 0.323 e. The predicted molar refractivity (Wildman–Crippen MR) is 128 cm³/mol. The van der Waals surface area contributed by atoms with Gasteiger partial charge in [0.1, 0.15) is 0 Å². The van der Waals surface area contributed by atoms with E-state index in [2.05, 4.69) is 10.0 Å². The maximum Gasteiger partial charge on any atom is 0.261 e. The van der Waals surface area contributed by atoms with Crippen molar-refractivity contribution in [2.75, 3.05) is 10.0 Å². The molecule has 5 nitrogen and oxygen atoms in total. The number of carbonyl (C=O) groups excluding carboxylic acids is 1. The van der Waals surface area contributed by atoms with Crippen LogP contribution in [0, 0.1) is 0 Å². The Kier molecular flexibility index (Phi) is 7.51. The van der Waals surface area contributed by atoms with Crippen molar-refractivity contribution in [2.24, 2.45) is 0 Å². The Morgan fingerprint density at radius 3 is 2.03 bits per heavy atom. The molecule has 0 bridgehead atoms. The highest BCUT2D eigenvalue weighted by molar-refractivity contribution is 7.92. The van der Waals surface area contributed by atoms with Crippen LogP contribution in [-0.2, 0) is 14.8 Å². The zero-order chi connectivity index (χ0) is 22.6. The highest BCUT2D eigenvalue weighted by Gasteiger charge is 2.16. The van der Waals surface area contributed by atoms with Crippen molar-refractivity contribution in [1.29, 1.82) is 0 Å². The minimum absolute atomic E-state index is 0.00000353. The molecule has 0 aromatic heterocycles. The number of benzene rings is 3. The minimum Gasteiger partial charge on any atom is -0.323 e. The average Bonchev–Trinajstić information content (AvgIpc) is 2.70. The van der Waals surface area contributed by atoms with Crippen LogP contribution in [-0.4, -0.2) is 14.3 Å². The molecular formula is C21H14Cl4N2O3S. The van der Waals surface area contributed by atoms with Crippen molar-refractivity contribution in [1.82, 2.24) is 0 Å². The summed E-state index contributed by atoms with van der Waals surface area (Å²) in [5.41, 5.74) is 1.25. The molecule has 0 unspecified atom stereocenters. The van der Waals surface area contributed by atoms with Gasteiger partial charge in [-0.1, -0.05) is 52.5 Å². The first-order chi connectivity index (χ1) is 14.6. The van der Waals surface area contributed by atoms with Crippen molar-refractivity contribution in [3.63, 3.8) is 0 Å². The van der Waals surface area contributed by atoms with Crippen LogP contribution in [0.1, 0.15) is 5.56 Å². The Bertz CT molecular complexity index is 1260. The van der Waals surface area contributed by atoms with Crippen LogP contribution in [0.5, 0.6) is 0 Å². The van der Waals surface area contributed by atoms with E-state index in [4.69, 9.17) is 46.4 Å². The molecule has 160 valence electrons. The number of carbonyl (C=O) groups is 1. The van der Waals surface area contributed by atoms with Gasteiger partial charge in [0.05, 0.1) is 15.6 Å². The number of hydrogen-bond donors (Lipinski definition) is 2. The Morgan fingerprint density at radius 1 is 0.806 bits per heavy atom. The van der Waals surface area contributed by atoms with Crippen molar-refractivity contribution in [3.8, 4) is 0 Å². The Balaban J connectivity index is 1.67. The lowest BCUT2D eigenvalue weighted by Gasteiger charge is -2.10. The summed E-state index contributed by atoms with van der Waals surface area (Å²) >= 11 is 23.7. The standard InChI is InChI=1S/C21H14Cl4N2O3S/c22-14-3-1-13(18(24)11-14)2-10-21(28)26-16-5-7-17(8-6-16)31(29,30)27-20-9-4-15(23)12-19(20)25/h1-12,27H,(H,26,28)/b10-2+. The molecule has 0 spiro atoms. The molecule has 31 heavy (non-hydrogen) atoms. The molecule has 0 heterocycles. The first kappa shape index (κ1) is 23.4. The molecule has 3 aromatic rings. The van der Waals surface area contributed by atoms with Gasteiger partial charge in [-0.05, 0) is 66.2 Å². The molecule has 3 rings (SSSR count). The quantitative estimate of drug-likeness (QED) is 0.356. The van der Waals surface area contributed by atoms with Crippen LogP contribution in [0.25, 0.3) is 6.08 Å². The molecule has 1 amide bonds. The zero-order valence-corrected chi connectivity index (χ0v) is 19.4. The molecule has 0 saturated heterocycles. The van der Waals surface area contributed by atoms with Crippen LogP contribution in [0.3, 0.4) is 0 Å². The Morgan fingerprint density at radius 2 is 1.42 bits per heavy atom. The van der Waals surface area contributed by atoms with E-state index in [0.717, 1.165) is 0 Å². The number of anilines is 2. The van der Waals surface area contributed by atoms with Crippen LogP contribution in [0.15, 0.2) is 71.6 Å². The summed E-state index contributed by atoms with van der Waals surface area (Å²) in [5, 5.41) is 4.11. The minimum atomic E-state index is -3.88. The Hall–Kier alpha value is -2.22. The highest BCUT2D eigenvalue weighted by Crippen LogP contribution is 2.28. The third kappa shape index (κ3) is 6.38. The molecule has 0 atom stereocenters. The molecule has 0 aliphatic rings. The topological polar surface area (TPSA) is 75.3 Å². The van der Waals surface area contributed by atoms with Crippen molar-refractivity contribution < 1.29 is 13.2 Å². The van der Waals surface area contributed by atoms with Crippen LogP contribution < -0.4 is 10.0 Å². The van der Waals surface area contributed by atoms with E-state index < -0.39 is 15.9 Å². The molecule has 2 N–H and O–H groups in total. The van der Waals surface area contributed by atoms with Gasteiger partial charge in [0.2, 0.25) is 5.91 Å². The van der Waals surface area contributed by atoms with Crippen molar-refractivity contribution in [2.45, 2.75) is 4.90 Å². The summed E-state index contributed by atoms with van der Waals surface area (Å²) in [5.74, 6) is -0.410. The first-order valence-electron chi connectivity index (χ1n) is 8.66. The number of halogens is 4. The summed E-state index contributed by atoms with van der Waals surface area (Å²) in [4.78, 5) is 12.1. The van der Waals surface area contributed by atoms with Crippen molar-refractivity contribution in [3.05, 3.63) is 92.4 Å². The van der Waals surface area contributed by atoms with Gasteiger partial charge in [0.15, 0.2) is 0 Å². The normalized spacial score (nSPS) is 11.5. The third-order valence-electron chi connectivity index (χ3n) is 3.98. The van der Waals surface area contributed by atoms with E-state index in [9.17, 15) is 13.2 Å². The zero-order valence-electron chi connectivity index (χ0n) is 15.6. The lowest BCUT2D eigenvalue weighted by molar-refractivity contribution is -0.111. The van der Waals surface area contributed by atoms with Gasteiger partial charge in [0.25, 0.3) is 10.0 Å². The number of amides is 1. The number of rotatable bonds is 6. The summed E-state index contributed by atoms with van der Waals surface area (Å²) in [6, 6.07) is 15.0. The predicted octanol–water partition coefficient (Wildman–Crippen LogP) is 6.75. The fourth-order valence-electron chi connectivity index (χ4n) is 2.48. The highest BCUT2D eigenvalue weighted by atomic mass is 35.5. The van der Waals surface area contributed by atoms with Crippen LogP contribution >= 0.6 is 46.4 Å². The molecule has 3 aromatic carbocycles. The smallest absolute Gasteiger partial charge is 0.261 e. The molecule has 0 aliphatic heterocycles. The Labute approximate surface area is 199 Å². The number of hydrogen-bond acceptors (Lipinski definition) is 3. The maximum atomic E-state index is 12.6. The molecule has 0 fully saturated rings. The lowest BCUT2D eigenvalue weighted by Crippen LogP contribution is -2.13. The number of sulfonamides is 1. The summed E-state index contributed by atoms with van der Waals surface area (Å²) in [6.45, 7) is 0. The molecule has 0 radical (unpaired) electrons. The van der Waals surface area contributed by atoms with Crippen molar-refractivity contribution >= 4 is 79.8 Å². The first-order valence-corrected chi connectivity index (χ1v) is 11.7. The van der Waals surface area contributed by atoms with E-state index >= 15 is 0 Å². The maximum absolute atomic E-state index is 12.6. The van der Waals surface area contributed by atoms with Gasteiger partial charge in [-0.25, -0.2) is 8.42 Å². The van der Waals surface area contributed by atoms with Crippen LogP contribution in [0.4, 0.5) is 11.4 Å². The van der Waals surface area contributed by atoms with Gasteiger partial charge in [-0.15, -0.1) is 0 Å². The lowest BCUT2D eigenvalue weighted by atomic mass is 10.2. The van der Waals surface area contributed by atoms with Crippen LogP contribution in [0.2, 0.25) is 20.1 Å². The van der Waals surface area contributed by atoms with E-state index in [1.165, 1.54) is 48.5 Å². The third-order valence-corrected chi connectivity index (χ3v) is 6.48.